The molecule has 7 nitrogen and oxygen atoms in total. The van der Waals surface area contributed by atoms with Gasteiger partial charge in [0.05, 0.1) is 6.61 Å². The molecule has 2 amide bonds. The number of hydrogen-bond acceptors (Lipinski definition) is 5. The van der Waals surface area contributed by atoms with Crippen LogP contribution in [0, 0.1) is 6.92 Å². The lowest BCUT2D eigenvalue weighted by molar-refractivity contribution is 0.0975. The number of para-hydroxylation sites is 1. The second kappa shape index (κ2) is 11.5. The highest BCUT2D eigenvalue weighted by Crippen LogP contribution is 2.23. The zero-order valence-corrected chi connectivity index (χ0v) is 20.9. The summed E-state index contributed by atoms with van der Waals surface area (Å²) in [4.78, 5) is 25.2. The number of carbonyl (C=O) groups is 2. The summed E-state index contributed by atoms with van der Waals surface area (Å²) in [5.74, 6) is 0.310. The number of rotatable bonds is 8. The van der Waals surface area contributed by atoms with Gasteiger partial charge in [0.25, 0.3) is 11.8 Å². The summed E-state index contributed by atoms with van der Waals surface area (Å²) >= 11 is 5.30. The van der Waals surface area contributed by atoms with Crippen LogP contribution in [0.2, 0.25) is 0 Å². The lowest BCUT2D eigenvalue weighted by Gasteiger charge is -2.13. The molecule has 0 unspecified atom stereocenters. The van der Waals surface area contributed by atoms with Crippen LogP contribution in [0.3, 0.4) is 0 Å². The van der Waals surface area contributed by atoms with Crippen LogP contribution in [0.1, 0.15) is 46.2 Å². The van der Waals surface area contributed by atoms with E-state index in [1.54, 1.807) is 42.5 Å². The second-order valence-corrected chi connectivity index (χ2v) is 8.68. The van der Waals surface area contributed by atoms with Crippen molar-refractivity contribution in [3.8, 4) is 5.75 Å². The third-order valence-corrected chi connectivity index (χ3v) is 5.70. The average Bonchev–Trinajstić information content (AvgIpc) is 3.31. The average molecular weight is 502 g/mol. The number of thiocarbonyl (C=S) groups is 1. The molecule has 4 aromatic rings. The predicted octanol–water partition coefficient (Wildman–Crippen LogP) is 6.30. The molecule has 0 saturated heterocycles. The summed E-state index contributed by atoms with van der Waals surface area (Å²) in [6.45, 7) is 4.62. The Labute approximate surface area is 214 Å². The van der Waals surface area contributed by atoms with E-state index in [2.05, 4.69) is 22.9 Å². The molecule has 0 spiro atoms. The number of amides is 2. The van der Waals surface area contributed by atoms with Crippen LogP contribution in [-0.2, 0) is 0 Å². The minimum absolute atomic E-state index is 0.168. The fourth-order valence-corrected chi connectivity index (χ4v) is 3.74. The van der Waals surface area contributed by atoms with Gasteiger partial charge >= 0.3 is 0 Å². The first-order valence-electron chi connectivity index (χ1n) is 11.7. The van der Waals surface area contributed by atoms with Gasteiger partial charge in [-0.25, -0.2) is 0 Å². The molecule has 0 bridgehead atoms. The number of ether oxygens (including phenoxy) is 1. The van der Waals surface area contributed by atoms with E-state index in [9.17, 15) is 9.59 Å². The van der Waals surface area contributed by atoms with Gasteiger partial charge in [-0.2, -0.15) is 0 Å². The van der Waals surface area contributed by atoms with Crippen molar-refractivity contribution < 1.29 is 18.7 Å². The standard InChI is InChI=1S/C28H27N3O4S/c1-3-4-15-34-22-12-9-19(10-13-22)26(32)31-28(36)29-21-11-14-23(18(2)16-21)30-27(33)25-17-20-7-5-6-8-24(20)35-25/h5-14,16-17H,3-4,15H2,1-2H3,(H,30,33)(H2,29,31,32,36). The molecule has 0 atom stereocenters. The fourth-order valence-electron chi connectivity index (χ4n) is 3.53. The first-order chi connectivity index (χ1) is 17.4. The summed E-state index contributed by atoms with van der Waals surface area (Å²) in [5.41, 5.74) is 3.27. The molecule has 36 heavy (non-hydrogen) atoms. The van der Waals surface area contributed by atoms with Crippen molar-refractivity contribution in [2.45, 2.75) is 26.7 Å². The maximum Gasteiger partial charge on any atom is 0.291 e. The molecule has 4 rings (SSSR count). The van der Waals surface area contributed by atoms with Crippen molar-refractivity contribution in [3.05, 3.63) is 89.7 Å². The van der Waals surface area contributed by atoms with Gasteiger partial charge in [-0.05, 0) is 85.7 Å². The van der Waals surface area contributed by atoms with Crippen LogP contribution in [-0.4, -0.2) is 23.5 Å². The van der Waals surface area contributed by atoms with Crippen molar-refractivity contribution in [1.29, 1.82) is 0 Å². The molecule has 8 heteroatoms. The summed E-state index contributed by atoms with van der Waals surface area (Å²) in [6.07, 6.45) is 2.04. The molecule has 0 aliphatic carbocycles. The number of aryl methyl sites for hydroxylation is 1. The van der Waals surface area contributed by atoms with Gasteiger partial charge in [0.2, 0.25) is 0 Å². The van der Waals surface area contributed by atoms with E-state index in [-0.39, 0.29) is 22.7 Å². The topological polar surface area (TPSA) is 92.6 Å². The zero-order chi connectivity index (χ0) is 25.5. The van der Waals surface area contributed by atoms with Crippen molar-refractivity contribution >= 4 is 51.5 Å². The van der Waals surface area contributed by atoms with E-state index in [0.717, 1.165) is 29.5 Å². The van der Waals surface area contributed by atoms with Crippen LogP contribution in [0.25, 0.3) is 11.0 Å². The number of nitrogens with one attached hydrogen (secondary N) is 3. The summed E-state index contributed by atoms with van der Waals surface area (Å²) < 4.78 is 11.3. The van der Waals surface area contributed by atoms with E-state index in [0.29, 0.717) is 29.1 Å². The highest BCUT2D eigenvalue weighted by Gasteiger charge is 2.14. The maximum atomic E-state index is 12.6. The predicted molar refractivity (Wildman–Crippen MR) is 146 cm³/mol. The number of anilines is 2. The Kier molecular flexibility index (Phi) is 7.97. The Morgan fingerprint density at radius 2 is 1.72 bits per heavy atom. The molecule has 184 valence electrons. The molecule has 0 aliphatic rings. The number of furan rings is 1. The molecule has 0 saturated carbocycles. The smallest absolute Gasteiger partial charge is 0.291 e. The molecule has 0 radical (unpaired) electrons. The molecule has 1 heterocycles. The molecule has 3 N–H and O–H groups in total. The first-order valence-corrected chi connectivity index (χ1v) is 12.1. The Hall–Kier alpha value is -4.17. The van der Waals surface area contributed by atoms with Gasteiger partial charge in [0, 0.05) is 22.3 Å². The summed E-state index contributed by atoms with van der Waals surface area (Å²) in [7, 11) is 0. The molecule has 3 aromatic carbocycles. The Balaban J connectivity index is 1.32. The van der Waals surface area contributed by atoms with E-state index in [4.69, 9.17) is 21.4 Å². The zero-order valence-electron chi connectivity index (χ0n) is 20.1. The molecule has 0 fully saturated rings. The third kappa shape index (κ3) is 6.28. The Bertz CT molecular complexity index is 1360. The van der Waals surface area contributed by atoms with E-state index < -0.39 is 0 Å². The Morgan fingerprint density at radius 1 is 0.944 bits per heavy atom. The molecule has 0 aliphatic heterocycles. The summed E-state index contributed by atoms with van der Waals surface area (Å²) in [5, 5.41) is 9.58. The molecular weight excluding hydrogens is 474 g/mol. The van der Waals surface area contributed by atoms with Crippen LogP contribution < -0.4 is 20.7 Å². The number of hydrogen-bond donors (Lipinski definition) is 3. The Morgan fingerprint density at radius 3 is 2.44 bits per heavy atom. The molecule has 1 aromatic heterocycles. The van der Waals surface area contributed by atoms with E-state index in [1.165, 1.54) is 0 Å². The van der Waals surface area contributed by atoms with Crippen LogP contribution in [0.15, 0.2) is 77.2 Å². The minimum Gasteiger partial charge on any atom is -0.494 e. The number of carbonyl (C=O) groups excluding carboxylic acids is 2. The highest BCUT2D eigenvalue weighted by molar-refractivity contribution is 7.80. The van der Waals surface area contributed by atoms with Crippen molar-refractivity contribution in [2.24, 2.45) is 0 Å². The first kappa shape index (κ1) is 24.9. The van der Waals surface area contributed by atoms with Crippen LogP contribution in [0.4, 0.5) is 11.4 Å². The summed E-state index contributed by atoms with van der Waals surface area (Å²) in [6, 6.07) is 21.5. The van der Waals surface area contributed by atoms with Crippen molar-refractivity contribution in [2.75, 3.05) is 17.2 Å². The quantitative estimate of drug-likeness (QED) is 0.194. The lowest BCUT2D eigenvalue weighted by Crippen LogP contribution is -2.34. The lowest BCUT2D eigenvalue weighted by atomic mass is 10.1. The minimum atomic E-state index is -0.334. The maximum absolute atomic E-state index is 12.6. The largest absolute Gasteiger partial charge is 0.494 e. The highest BCUT2D eigenvalue weighted by atomic mass is 32.1. The van der Waals surface area contributed by atoms with Gasteiger partial charge in [-0.3, -0.25) is 14.9 Å². The fraction of sp³-hybridized carbons (Fsp3) is 0.179. The number of unbranched alkanes of at least 4 members (excludes halogenated alkanes) is 1. The molecular formula is C28H27N3O4S. The van der Waals surface area contributed by atoms with E-state index in [1.807, 2.05) is 37.3 Å². The number of benzene rings is 3. The van der Waals surface area contributed by atoms with Gasteiger partial charge in [-0.1, -0.05) is 31.5 Å². The van der Waals surface area contributed by atoms with E-state index >= 15 is 0 Å². The van der Waals surface area contributed by atoms with Crippen LogP contribution >= 0.6 is 12.2 Å². The number of fused-ring (bicyclic) bond motifs is 1. The van der Waals surface area contributed by atoms with Crippen LogP contribution in [0.5, 0.6) is 5.75 Å². The van der Waals surface area contributed by atoms with Gasteiger partial charge in [0.1, 0.15) is 11.3 Å². The van der Waals surface area contributed by atoms with Gasteiger partial charge in [-0.15, -0.1) is 0 Å². The van der Waals surface area contributed by atoms with Gasteiger partial charge in [0.15, 0.2) is 10.9 Å². The van der Waals surface area contributed by atoms with Gasteiger partial charge < -0.3 is 19.8 Å². The normalized spacial score (nSPS) is 10.6. The monoisotopic (exact) mass is 501 g/mol. The van der Waals surface area contributed by atoms with Crippen molar-refractivity contribution in [1.82, 2.24) is 5.32 Å². The SMILES string of the molecule is CCCCOc1ccc(C(=O)NC(=S)Nc2ccc(NC(=O)c3cc4ccccc4o3)c(C)c2)cc1. The second-order valence-electron chi connectivity index (χ2n) is 8.27. The van der Waals surface area contributed by atoms with Crippen molar-refractivity contribution in [3.63, 3.8) is 0 Å². The third-order valence-electron chi connectivity index (χ3n) is 5.49.